The van der Waals surface area contributed by atoms with Gasteiger partial charge in [-0.2, -0.15) is 0 Å². The fourth-order valence-corrected chi connectivity index (χ4v) is 7.12. The molecule has 2 aliphatic heterocycles. The number of piperidine rings is 1. The number of pyridine rings is 1. The van der Waals surface area contributed by atoms with Crippen molar-refractivity contribution in [2.24, 2.45) is 5.41 Å². The summed E-state index contributed by atoms with van der Waals surface area (Å²) in [7, 11) is -2.90. The summed E-state index contributed by atoms with van der Waals surface area (Å²) >= 11 is 0. The van der Waals surface area contributed by atoms with Crippen molar-refractivity contribution in [3.8, 4) is 0 Å². The van der Waals surface area contributed by atoms with Crippen LogP contribution < -0.4 is 15.1 Å². The summed E-state index contributed by atoms with van der Waals surface area (Å²) in [5, 5.41) is 2.75. The van der Waals surface area contributed by atoms with Crippen molar-refractivity contribution in [2.45, 2.75) is 61.5 Å². The maximum atomic E-state index is 13.5. The first kappa shape index (κ1) is 23.6. The van der Waals surface area contributed by atoms with Crippen LogP contribution in [0.5, 0.6) is 0 Å². The molecule has 1 atom stereocenters. The van der Waals surface area contributed by atoms with Crippen LogP contribution in [0.4, 0.5) is 26.1 Å². The van der Waals surface area contributed by atoms with E-state index in [0.29, 0.717) is 33.2 Å². The van der Waals surface area contributed by atoms with Crippen LogP contribution in [-0.4, -0.2) is 52.5 Å². The van der Waals surface area contributed by atoms with Crippen molar-refractivity contribution in [1.29, 1.82) is 4.78 Å². The normalized spacial score (nSPS) is 23.6. The molecule has 4 aliphatic rings. The fraction of sp³-hybridized carbons (Fsp3) is 0.538. The molecule has 2 saturated carbocycles. The maximum Gasteiger partial charge on any atom is 0.282 e. The van der Waals surface area contributed by atoms with Gasteiger partial charge in [0.05, 0.1) is 34.1 Å². The molecule has 0 radical (unpaired) electrons. The molecule has 0 bridgehead atoms. The average Bonchev–Trinajstić information content (AvgIpc) is 3.73. The zero-order valence-corrected chi connectivity index (χ0v) is 21.2. The van der Waals surface area contributed by atoms with Gasteiger partial charge in [0, 0.05) is 23.2 Å². The van der Waals surface area contributed by atoms with E-state index in [1.165, 1.54) is 17.7 Å². The number of hydrogen-bond donors (Lipinski definition) is 2. The van der Waals surface area contributed by atoms with E-state index in [2.05, 4.69) is 15.2 Å². The quantitative estimate of drug-likeness (QED) is 0.562. The molecule has 36 heavy (non-hydrogen) atoms. The van der Waals surface area contributed by atoms with Gasteiger partial charge in [0.1, 0.15) is 11.6 Å². The SMILES string of the molecule is Cc1cc(NC(=O)c2ccc(S(=N)(=O)C3CC3)cc2N2CCC3(CC2)CC3)nc(N2CC(F)(F)C2)c1. The number of anilines is 3. The Morgan fingerprint density at radius 1 is 1.08 bits per heavy atom. The summed E-state index contributed by atoms with van der Waals surface area (Å²) in [6, 6.07) is 8.55. The van der Waals surface area contributed by atoms with Crippen LogP contribution in [0.15, 0.2) is 35.2 Å². The summed E-state index contributed by atoms with van der Waals surface area (Å²) in [5.41, 5.74) is 2.42. The minimum atomic E-state index is -2.90. The van der Waals surface area contributed by atoms with Crippen LogP contribution in [0.2, 0.25) is 0 Å². The number of rotatable bonds is 6. The fourth-order valence-electron chi connectivity index (χ4n) is 5.38. The Labute approximate surface area is 210 Å². The van der Waals surface area contributed by atoms with Crippen LogP contribution >= 0.6 is 0 Å². The topological polar surface area (TPSA) is 89.4 Å². The van der Waals surface area contributed by atoms with Crippen LogP contribution in [0, 0.1) is 17.1 Å². The van der Waals surface area contributed by atoms with E-state index in [0.717, 1.165) is 44.3 Å². The van der Waals surface area contributed by atoms with Crippen LogP contribution in [0.3, 0.4) is 0 Å². The Morgan fingerprint density at radius 2 is 1.78 bits per heavy atom. The van der Waals surface area contributed by atoms with Gasteiger partial charge in [-0.1, -0.05) is 0 Å². The average molecular weight is 516 g/mol. The minimum absolute atomic E-state index is 0.107. The van der Waals surface area contributed by atoms with E-state index in [1.54, 1.807) is 30.3 Å². The summed E-state index contributed by atoms with van der Waals surface area (Å²) in [6.07, 6.45) is 6.27. The summed E-state index contributed by atoms with van der Waals surface area (Å²) in [4.78, 5) is 22.0. The number of carbonyl (C=O) groups excluding carboxylic acids is 1. The number of hydrogen-bond acceptors (Lipinski definition) is 6. The molecular weight excluding hydrogens is 484 g/mol. The minimum Gasteiger partial charge on any atom is -0.371 e. The lowest BCUT2D eigenvalue weighted by Crippen LogP contribution is -2.56. The molecule has 1 aromatic heterocycles. The van der Waals surface area contributed by atoms with Crippen molar-refractivity contribution < 1.29 is 17.8 Å². The third-order valence-corrected chi connectivity index (χ3v) is 10.4. The first-order valence-corrected chi connectivity index (χ1v) is 14.3. The van der Waals surface area contributed by atoms with Gasteiger partial charge in [-0.3, -0.25) is 4.79 Å². The Kier molecular flexibility index (Phi) is 5.34. The van der Waals surface area contributed by atoms with Gasteiger partial charge in [0.25, 0.3) is 11.8 Å². The number of aryl methyl sites for hydroxylation is 1. The molecule has 2 aliphatic carbocycles. The molecule has 1 aromatic carbocycles. The van der Waals surface area contributed by atoms with Crippen molar-refractivity contribution >= 4 is 33.0 Å². The van der Waals surface area contributed by atoms with Gasteiger partial charge in [0.15, 0.2) is 0 Å². The monoisotopic (exact) mass is 515 g/mol. The van der Waals surface area contributed by atoms with Crippen LogP contribution in [0.25, 0.3) is 0 Å². The second kappa shape index (κ2) is 8.13. The van der Waals surface area contributed by atoms with E-state index in [9.17, 15) is 17.8 Å². The number of aromatic nitrogens is 1. The molecule has 4 fully saturated rings. The van der Waals surface area contributed by atoms with Crippen molar-refractivity contribution in [2.75, 3.05) is 41.3 Å². The number of benzene rings is 1. The van der Waals surface area contributed by atoms with Gasteiger partial charge in [-0.25, -0.2) is 22.8 Å². The van der Waals surface area contributed by atoms with E-state index < -0.39 is 15.7 Å². The summed E-state index contributed by atoms with van der Waals surface area (Å²) < 4.78 is 48.4. The molecule has 2 aromatic rings. The second-order valence-electron chi connectivity index (χ2n) is 11.0. The number of nitrogens with zero attached hydrogens (tertiary/aromatic N) is 3. The molecule has 6 rings (SSSR count). The maximum absolute atomic E-state index is 13.5. The lowest BCUT2D eigenvalue weighted by molar-refractivity contribution is -0.0267. The third kappa shape index (κ3) is 4.44. The van der Waals surface area contributed by atoms with Crippen molar-refractivity contribution in [3.63, 3.8) is 0 Å². The highest BCUT2D eigenvalue weighted by Gasteiger charge is 2.45. The number of amides is 1. The molecule has 7 nitrogen and oxygen atoms in total. The Bertz CT molecular complexity index is 1320. The van der Waals surface area contributed by atoms with E-state index in [4.69, 9.17) is 4.78 Å². The van der Waals surface area contributed by atoms with Gasteiger partial charge in [-0.15, -0.1) is 0 Å². The Morgan fingerprint density at radius 3 is 2.39 bits per heavy atom. The highest BCUT2D eigenvalue weighted by molar-refractivity contribution is 7.93. The van der Waals surface area contributed by atoms with Crippen molar-refractivity contribution in [1.82, 2.24) is 4.98 Å². The Hall–Kier alpha value is -2.75. The first-order valence-electron chi connectivity index (χ1n) is 12.6. The van der Waals surface area contributed by atoms with E-state index >= 15 is 0 Å². The van der Waals surface area contributed by atoms with Crippen molar-refractivity contribution in [3.05, 3.63) is 41.5 Å². The van der Waals surface area contributed by atoms with Gasteiger partial charge in [0.2, 0.25) is 0 Å². The highest BCUT2D eigenvalue weighted by atomic mass is 32.2. The molecule has 2 saturated heterocycles. The number of nitrogens with one attached hydrogen (secondary N) is 2. The molecule has 192 valence electrons. The molecule has 10 heteroatoms. The molecule has 1 amide bonds. The predicted octanol–water partition coefficient (Wildman–Crippen LogP) is 5.05. The number of alkyl halides is 2. The van der Waals surface area contributed by atoms with E-state index in [-0.39, 0.29) is 24.2 Å². The van der Waals surface area contributed by atoms with Gasteiger partial charge >= 0.3 is 0 Å². The second-order valence-corrected chi connectivity index (χ2v) is 13.4. The van der Waals surface area contributed by atoms with Crippen LogP contribution in [-0.2, 0) is 9.73 Å². The smallest absolute Gasteiger partial charge is 0.282 e. The lowest BCUT2D eigenvalue weighted by Gasteiger charge is -2.39. The van der Waals surface area contributed by atoms with Crippen LogP contribution in [0.1, 0.15) is 54.4 Å². The zero-order valence-electron chi connectivity index (χ0n) is 20.4. The number of halogens is 2. The highest BCUT2D eigenvalue weighted by Crippen LogP contribution is 2.54. The molecule has 1 spiro atoms. The Balaban J connectivity index is 1.29. The standard InChI is InChI=1S/C26H31F2N5O2S/c1-17-12-22(30-23(13-17)33-15-26(27,28)16-33)31-24(34)20-5-4-19(36(29,35)18-2-3-18)14-21(20)32-10-8-25(6-7-25)9-11-32/h4-5,12-14,18,29H,2-3,6-11,15-16H2,1H3,(H,30,31,34). The molecule has 3 heterocycles. The first-order chi connectivity index (χ1) is 17.0. The van der Waals surface area contributed by atoms with Gasteiger partial charge < -0.3 is 15.1 Å². The third-order valence-electron chi connectivity index (χ3n) is 8.05. The summed E-state index contributed by atoms with van der Waals surface area (Å²) in [6.45, 7) is 2.71. The van der Waals surface area contributed by atoms with E-state index in [1.807, 2.05) is 6.92 Å². The zero-order chi connectivity index (χ0) is 25.3. The lowest BCUT2D eigenvalue weighted by atomic mass is 9.93. The molecule has 1 unspecified atom stereocenters. The largest absolute Gasteiger partial charge is 0.371 e. The number of carbonyl (C=O) groups is 1. The predicted molar refractivity (Wildman–Crippen MR) is 136 cm³/mol. The molecular formula is C26H31F2N5O2S. The molecule has 2 N–H and O–H groups in total. The summed E-state index contributed by atoms with van der Waals surface area (Å²) in [5.74, 6) is -2.35. The van der Waals surface area contributed by atoms with Gasteiger partial charge in [-0.05, 0) is 86.8 Å².